The zero-order chi connectivity index (χ0) is 18.2. The second-order valence-corrected chi connectivity index (χ2v) is 6.74. The van der Waals surface area contributed by atoms with Gasteiger partial charge in [-0.3, -0.25) is 0 Å². The first kappa shape index (κ1) is 20.0. The normalized spacial score (nSPS) is 13.7. The van der Waals surface area contributed by atoms with Crippen LogP contribution in [-0.2, 0) is 25.6 Å². The van der Waals surface area contributed by atoms with E-state index in [2.05, 4.69) is 5.32 Å². The van der Waals surface area contributed by atoms with E-state index in [1.165, 1.54) is 7.11 Å². The van der Waals surface area contributed by atoms with E-state index in [0.717, 1.165) is 5.56 Å². The van der Waals surface area contributed by atoms with E-state index in [9.17, 15) is 9.59 Å². The summed E-state index contributed by atoms with van der Waals surface area (Å²) in [6.45, 7) is 7.58. The molecule has 0 unspecified atom stereocenters. The maximum absolute atomic E-state index is 12.1. The highest BCUT2D eigenvalue weighted by Gasteiger charge is 2.37. The van der Waals surface area contributed by atoms with Gasteiger partial charge in [0.2, 0.25) is 0 Å². The number of methoxy groups -OCH3 is 1. The molecule has 0 saturated carbocycles. The highest BCUT2D eigenvalue weighted by Crippen LogP contribution is 2.15. The van der Waals surface area contributed by atoms with Gasteiger partial charge in [0.15, 0.2) is 0 Å². The summed E-state index contributed by atoms with van der Waals surface area (Å²) < 4.78 is 15.6. The summed E-state index contributed by atoms with van der Waals surface area (Å²) in [6.07, 6.45) is -0.399. The third-order valence-corrected chi connectivity index (χ3v) is 3.27. The highest BCUT2D eigenvalue weighted by atomic mass is 16.6. The van der Waals surface area contributed by atoms with Crippen molar-refractivity contribution in [2.24, 2.45) is 0 Å². The first-order valence-corrected chi connectivity index (χ1v) is 7.87. The van der Waals surface area contributed by atoms with Crippen LogP contribution in [0.5, 0.6) is 0 Å². The number of hydrogen-bond donors (Lipinski definition) is 1. The SMILES string of the molecule is COC(=O)[C@](C)(CCOCc1ccccc1)NC(=O)OC(C)(C)C. The molecule has 0 spiro atoms. The molecule has 6 nitrogen and oxygen atoms in total. The predicted molar refractivity (Wildman–Crippen MR) is 90.5 cm³/mol. The van der Waals surface area contributed by atoms with Crippen molar-refractivity contribution in [2.45, 2.75) is 51.9 Å². The minimum atomic E-state index is -1.21. The molecule has 1 aromatic carbocycles. The zero-order valence-corrected chi connectivity index (χ0v) is 15.0. The van der Waals surface area contributed by atoms with Crippen LogP contribution in [0.25, 0.3) is 0 Å². The number of carbonyl (C=O) groups is 2. The quantitative estimate of drug-likeness (QED) is 0.611. The van der Waals surface area contributed by atoms with Crippen molar-refractivity contribution in [3.05, 3.63) is 35.9 Å². The molecular formula is C18H27NO5. The minimum absolute atomic E-state index is 0.270. The molecule has 0 radical (unpaired) electrons. The van der Waals surface area contributed by atoms with E-state index in [4.69, 9.17) is 14.2 Å². The first-order valence-electron chi connectivity index (χ1n) is 7.87. The largest absolute Gasteiger partial charge is 0.467 e. The van der Waals surface area contributed by atoms with E-state index in [1.54, 1.807) is 27.7 Å². The number of esters is 1. The molecule has 0 fully saturated rings. The molecular weight excluding hydrogens is 310 g/mol. The molecule has 0 heterocycles. The molecule has 1 rings (SSSR count). The Balaban J connectivity index is 2.57. The van der Waals surface area contributed by atoms with E-state index in [0.29, 0.717) is 6.61 Å². The number of amides is 1. The average Bonchev–Trinajstić information content (AvgIpc) is 2.49. The lowest BCUT2D eigenvalue weighted by Gasteiger charge is -2.29. The molecule has 0 aliphatic heterocycles. The molecule has 24 heavy (non-hydrogen) atoms. The number of nitrogens with one attached hydrogen (secondary N) is 1. The molecule has 134 valence electrons. The fourth-order valence-electron chi connectivity index (χ4n) is 2.01. The fraction of sp³-hybridized carbons (Fsp3) is 0.556. The van der Waals surface area contributed by atoms with Crippen molar-refractivity contribution in [1.29, 1.82) is 0 Å². The van der Waals surface area contributed by atoms with Gasteiger partial charge in [0.1, 0.15) is 11.1 Å². The summed E-state index contributed by atoms with van der Waals surface area (Å²) in [5.41, 5.74) is -0.823. The van der Waals surface area contributed by atoms with Gasteiger partial charge in [0, 0.05) is 13.0 Å². The zero-order valence-electron chi connectivity index (χ0n) is 15.0. The van der Waals surface area contributed by atoms with Crippen LogP contribution in [0.1, 0.15) is 39.7 Å². The Morgan fingerprint density at radius 3 is 2.25 bits per heavy atom. The van der Waals surface area contributed by atoms with Crippen molar-refractivity contribution in [2.75, 3.05) is 13.7 Å². The average molecular weight is 337 g/mol. The van der Waals surface area contributed by atoms with Crippen LogP contribution in [0.3, 0.4) is 0 Å². The Morgan fingerprint density at radius 2 is 1.71 bits per heavy atom. The molecule has 0 bridgehead atoms. The van der Waals surface area contributed by atoms with Gasteiger partial charge in [-0.05, 0) is 33.3 Å². The number of rotatable bonds is 7. The Hall–Kier alpha value is -2.08. The summed E-state index contributed by atoms with van der Waals surface area (Å²) in [6, 6.07) is 9.71. The second kappa shape index (κ2) is 8.68. The van der Waals surface area contributed by atoms with E-state index in [-0.39, 0.29) is 13.0 Å². The Bertz CT molecular complexity index is 538. The lowest BCUT2D eigenvalue weighted by molar-refractivity contribution is -0.148. The third-order valence-electron chi connectivity index (χ3n) is 3.27. The Kier molecular flexibility index (Phi) is 7.22. The van der Waals surface area contributed by atoms with Gasteiger partial charge in [-0.25, -0.2) is 9.59 Å². The molecule has 0 saturated heterocycles. The number of hydrogen-bond acceptors (Lipinski definition) is 5. The van der Waals surface area contributed by atoms with Crippen LogP contribution >= 0.6 is 0 Å². The number of alkyl carbamates (subject to hydrolysis) is 1. The van der Waals surface area contributed by atoms with Gasteiger partial charge in [0.25, 0.3) is 0 Å². The molecule has 1 aromatic rings. The summed E-state index contributed by atoms with van der Waals surface area (Å²) in [7, 11) is 1.28. The van der Waals surface area contributed by atoms with Gasteiger partial charge in [-0.15, -0.1) is 0 Å². The highest BCUT2D eigenvalue weighted by molar-refractivity contribution is 5.85. The van der Waals surface area contributed by atoms with E-state index >= 15 is 0 Å². The molecule has 1 N–H and O–H groups in total. The molecule has 1 amide bonds. The second-order valence-electron chi connectivity index (χ2n) is 6.74. The molecule has 1 atom stereocenters. The van der Waals surface area contributed by atoms with E-state index in [1.807, 2.05) is 30.3 Å². The standard InChI is InChI=1S/C18H27NO5/c1-17(2,3)24-16(21)19-18(4,15(20)22-5)11-12-23-13-14-9-7-6-8-10-14/h6-10H,11-13H2,1-5H3,(H,19,21)/t18-/m0/s1. The molecule has 0 aromatic heterocycles. The van der Waals surface area contributed by atoms with Crippen molar-refractivity contribution in [3.8, 4) is 0 Å². The number of benzene rings is 1. The fourth-order valence-corrected chi connectivity index (χ4v) is 2.01. The van der Waals surface area contributed by atoms with Crippen molar-refractivity contribution in [3.63, 3.8) is 0 Å². The van der Waals surface area contributed by atoms with Crippen molar-refractivity contribution < 1.29 is 23.8 Å². The maximum Gasteiger partial charge on any atom is 0.408 e. The van der Waals surface area contributed by atoms with E-state index < -0.39 is 23.2 Å². The van der Waals surface area contributed by atoms with Gasteiger partial charge in [0.05, 0.1) is 13.7 Å². The third kappa shape index (κ3) is 7.00. The van der Waals surface area contributed by atoms with Crippen LogP contribution in [0.4, 0.5) is 4.79 Å². The number of carbonyl (C=O) groups excluding carboxylic acids is 2. The van der Waals surface area contributed by atoms with Gasteiger partial charge < -0.3 is 19.5 Å². The Morgan fingerprint density at radius 1 is 1.08 bits per heavy atom. The van der Waals surface area contributed by atoms with Gasteiger partial charge in [-0.1, -0.05) is 30.3 Å². The summed E-state index contributed by atoms with van der Waals surface area (Å²) >= 11 is 0. The van der Waals surface area contributed by atoms with Crippen molar-refractivity contribution >= 4 is 12.1 Å². The smallest absolute Gasteiger partial charge is 0.408 e. The van der Waals surface area contributed by atoms with Crippen molar-refractivity contribution in [1.82, 2.24) is 5.32 Å². The topological polar surface area (TPSA) is 73.9 Å². The van der Waals surface area contributed by atoms with Gasteiger partial charge >= 0.3 is 12.1 Å². The molecule has 6 heteroatoms. The lowest BCUT2D eigenvalue weighted by atomic mass is 9.99. The Labute approximate surface area is 143 Å². The monoisotopic (exact) mass is 337 g/mol. The van der Waals surface area contributed by atoms with Crippen LogP contribution in [0.2, 0.25) is 0 Å². The maximum atomic E-state index is 12.1. The predicted octanol–water partition coefficient (Wildman–Crippen LogP) is 3.05. The van der Waals surface area contributed by atoms with Crippen LogP contribution in [0, 0.1) is 0 Å². The van der Waals surface area contributed by atoms with Crippen LogP contribution in [-0.4, -0.2) is 36.9 Å². The first-order chi connectivity index (χ1) is 11.2. The molecule has 0 aliphatic rings. The summed E-state index contributed by atoms with van der Waals surface area (Å²) in [5, 5.41) is 2.58. The van der Waals surface area contributed by atoms with Crippen LogP contribution in [0.15, 0.2) is 30.3 Å². The summed E-state index contributed by atoms with van der Waals surface area (Å²) in [4.78, 5) is 24.0. The van der Waals surface area contributed by atoms with Gasteiger partial charge in [-0.2, -0.15) is 0 Å². The lowest BCUT2D eigenvalue weighted by Crippen LogP contribution is -2.54. The summed E-state index contributed by atoms with van der Waals surface area (Å²) in [5.74, 6) is -0.545. The minimum Gasteiger partial charge on any atom is -0.467 e. The van der Waals surface area contributed by atoms with Crippen LogP contribution < -0.4 is 5.32 Å². The molecule has 0 aliphatic carbocycles. The number of ether oxygens (including phenoxy) is 3.